The molecule has 0 saturated heterocycles. The Bertz CT molecular complexity index is 605. The van der Waals surface area contributed by atoms with Gasteiger partial charge in [-0.2, -0.15) is 0 Å². The highest BCUT2D eigenvalue weighted by Gasteiger charge is 2.25. The molecule has 0 fully saturated rings. The van der Waals surface area contributed by atoms with Crippen LogP contribution in [0.2, 0.25) is 0 Å². The van der Waals surface area contributed by atoms with Crippen LogP contribution in [-0.2, 0) is 4.79 Å². The number of primary amides is 1. The summed E-state index contributed by atoms with van der Waals surface area (Å²) in [5, 5.41) is 4.17. The van der Waals surface area contributed by atoms with E-state index in [-0.39, 0.29) is 5.91 Å². The van der Waals surface area contributed by atoms with Crippen LogP contribution in [0, 0.1) is 6.92 Å². The van der Waals surface area contributed by atoms with E-state index < -0.39 is 5.54 Å². The average Bonchev–Trinajstić information content (AvgIpc) is 2.28. The summed E-state index contributed by atoms with van der Waals surface area (Å²) in [6.07, 6.45) is 0. The van der Waals surface area contributed by atoms with Crippen LogP contribution in [0.15, 0.2) is 30.3 Å². The molecular weight excluding hydrogens is 226 g/mol. The molecule has 0 atom stereocenters. The van der Waals surface area contributed by atoms with Gasteiger partial charge in [0.15, 0.2) is 0 Å². The Balaban J connectivity index is 2.54. The maximum Gasteiger partial charge on any atom is 0.242 e. The predicted molar refractivity (Wildman–Crippen MR) is 73.4 cm³/mol. The molecule has 2 aromatic rings. The molecule has 94 valence electrons. The summed E-state index contributed by atoms with van der Waals surface area (Å²) < 4.78 is 0. The summed E-state index contributed by atoms with van der Waals surface area (Å²) in [6, 6.07) is 9.73. The fourth-order valence-electron chi connectivity index (χ4n) is 1.81. The molecule has 1 heterocycles. The lowest BCUT2D eigenvalue weighted by Crippen LogP contribution is -2.45. The zero-order valence-corrected chi connectivity index (χ0v) is 10.8. The van der Waals surface area contributed by atoms with Crippen LogP contribution >= 0.6 is 0 Å². The van der Waals surface area contributed by atoms with Crippen molar-refractivity contribution < 1.29 is 4.79 Å². The molecule has 4 nitrogen and oxygen atoms in total. The number of fused-ring (bicyclic) bond motifs is 1. The SMILES string of the molecule is Cc1cc(NC(C)(C)C(N)=O)c2ccccc2n1. The number of aromatic nitrogens is 1. The number of carbonyl (C=O) groups is 1. The van der Waals surface area contributed by atoms with Gasteiger partial charge in [0.1, 0.15) is 5.54 Å². The molecule has 1 amide bonds. The van der Waals surface area contributed by atoms with Crippen molar-refractivity contribution in [3.8, 4) is 0 Å². The molecule has 2 rings (SSSR count). The number of carbonyl (C=O) groups excluding carboxylic acids is 1. The second-order valence-corrected chi connectivity index (χ2v) is 4.94. The smallest absolute Gasteiger partial charge is 0.242 e. The number of amides is 1. The fraction of sp³-hybridized carbons (Fsp3) is 0.286. The number of pyridine rings is 1. The number of para-hydroxylation sites is 1. The summed E-state index contributed by atoms with van der Waals surface area (Å²) in [5.74, 6) is -0.388. The van der Waals surface area contributed by atoms with Gasteiger partial charge in [0.05, 0.1) is 5.52 Å². The van der Waals surface area contributed by atoms with Crippen molar-refractivity contribution in [1.82, 2.24) is 4.98 Å². The minimum atomic E-state index is -0.795. The quantitative estimate of drug-likeness (QED) is 0.868. The monoisotopic (exact) mass is 243 g/mol. The Morgan fingerprint density at radius 1 is 1.33 bits per heavy atom. The van der Waals surface area contributed by atoms with Crippen molar-refractivity contribution in [3.05, 3.63) is 36.0 Å². The number of anilines is 1. The first-order valence-electron chi connectivity index (χ1n) is 5.84. The van der Waals surface area contributed by atoms with Gasteiger partial charge in [0, 0.05) is 16.8 Å². The van der Waals surface area contributed by atoms with Gasteiger partial charge in [-0.25, -0.2) is 0 Å². The molecule has 0 radical (unpaired) electrons. The number of hydrogen-bond acceptors (Lipinski definition) is 3. The highest BCUT2D eigenvalue weighted by Crippen LogP contribution is 2.25. The van der Waals surface area contributed by atoms with E-state index in [1.54, 1.807) is 13.8 Å². The van der Waals surface area contributed by atoms with Gasteiger partial charge in [-0.15, -0.1) is 0 Å². The molecule has 0 aliphatic heterocycles. The Labute approximate surface area is 106 Å². The molecule has 1 aromatic carbocycles. The number of benzene rings is 1. The van der Waals surface area contributed by atoms with Gasteiger partial charge in [-0.05, 0) is 32.9 Å². The van der Waals surface area contributed by atoms with E-state index in [1.165, 1.54) is 0 Å². The molecule has 0 unspecified atom stereocenters. The normalized spacial score (nSPS) is 11.5. The molecule has 0 aliphatic carbocycles. The van der Waals surface area contributed by atoms with E-state index in [1.807, 2.05) is 37.3 Å². The van der Waals surface area contributed by atoms with Gasteiger partial charge >= 0.3 is 0 Å². The van der Waals surface area contributed by atoms with Gasteiger partial charge in [-0.1, -0.05) is 18.2 Å². The third-order valence-corrected chi connectivity index (χ3v) is 2.91. The maximum atomic E-state index is 11.4. The van der Waals surface area contributed by atoms with Crippen molar-refractivity contribution in [2.24, 2.45) is 5.73 Å². The topological polar surface area (TPSA) is 68.0 Å². The lowest BCUT2D eigenvalue weighted by molar-refractivity contribution is -0.121. The summed E-state index contributed by atoms with van der Waals surface area (Å²) in [5.41, 5.74) is 7.27. The van der Waals surface area contributed by atoms with Gasteiger partial charge < -0.3 is 11.1 Å². The molecule has 18 heavy (non-hydrogen) atoms. The molecule has 0 aliphatic rings. The summed E-state index contributed by atoms with van der Waals surface area (Å²) in [6.45, 7) is 5.45. The second kappa shape index (κ2) is 4.29. The van der Waals surface area contributed by atoms with Gasteiger partial charge in [0.2, 0.25) is 5.91 Å². The lowest BCUT2D eigenvalue weighted by atomic mass is 10.0. The summed E-state index contributed by atoms with van der Waals surface area (Å²) in [4.78, 5) is 15.8. The number of hydrogen-bond donors (Lipinski definition) is 2. The largest absolute Gasteiger partial charge is 0.371 e. The number of rotatable bonds is 3. The first-order chi connectivity index (χ1) is 8.40. The molecule has 1 aromatic heterocycles. The third kappa shape index (κ3) is 2.27. The molecule has 0 saturated carbocycles. The van der Waals surface area contributed by atoms with Crippen molar-refractivity contribution >= 4 is 22.5 Å². The lowest BCUT2D eigenvalue weighted by Gasteiger charge is -2.24. The third-order valence-electron chi connectivity index (χ3n) is 2.91. The second-order valence-electron chi connectivity index (χ2n) is 4.94. The van der Waals surface area contributed by atoms with Crippen LogP contribution in [0.3, 0.4) is 0 Å². The van der Waals surface area contributed by atoms with E-state index in [0.717, 1.165) is 22.3 Å². The van der Waals surface area contributed by atoms with Crippen LogP contribution in [-0.4, -0.2) is 16.4 Å². The number of nitrogens with one attached hydrogen (secondary N) is 1. The van der Waals surface area contributed by atoms with Crippen LogP contribution in [0.4, 0.5) is 5.69 Å². The highest BCUT2D eigenvalue weighted by molar-refractivity contribution is 5.95. The highest BCUT2D eigenvalue weighted by atomic mass is 16.1. The Morgan fingerprint density at radius 2 is 2.00 bits per heavy atom. The van der Waals surface area contributed by atoms with Crippen molar-refractivity contribution in [1.29, 1.82) is 0 Å². The molecule has 3 N–H and O–H groups in total. The standard InChI is InChI=1S/C14H17N3O/c1-9-8-12(17-14(2,3)13(15)18)10-6-4-5-7-11(10)16-9/h4-8H,1-3H3,(H2,15,18)(H,16,17). The summed E-state index contributed by atoms with van der Waals surface area (Å²) >= 11 is 0. The zero-order valence-electron chi connectivity index (χ0n) is 10.8. The molecule has 0 bridgehead atoms. The van der Waals surface area contributed by atoms with Crippen LogP contribution in [0.5, 0.6) is 0 Å². The van der Waals surface area contributed by atoms with Crippen molar-refractivity contribution in [3.63, 3.8) is 0 Å². The van der Waals surface area contributed by atoms with E-state index in [9.17, 15) is 4.79 Å². The maximum absolute atomic E-state index is 11.4. The molecule has 4 heteroatoms. The molecule has 0 spiro atoms. The number of aryl methyl sites for hydroxylation is 1. The van der Waals surface area contributed by atoms with E-state index >= 15 is 0 Å². The first-order valence-corrected chi connectivity index (χ1v) is 5.84. The Hall–Kier alpha value is -2.10. The van der Waals surface area contributed by atoms with E-state index in [4.69, 9.17) is 5.73 Å². The Kier molecular flexibility index (Phi) is 2.95. The Morgan fingerprint density at radius 3 is 2.67 bits per heavy atom. The van der Waals surface area contributed by atoms with Crippen LogP contribution in [0.1, 0.15) is 19.5 Å². The minimum Gasteiger partial charge on any atom is -0.371 e. The van der Waals surface area contributed by atoms with Gasteiger partial charge in [0.25, 0.3) is 0 Å². The predicted octanol–water partition coefficient (Wildman–Crippen LogP) is 2.22. The first kappa shape index (κ1) is 12.4. The van der Waals surface area contributed by atoms with Crippen molar-refractivity contribution in [2.45, 2.75) is 26.3 Å². The minimum absolute atomic E-state index is 0.388. The van der Waals surface area contributed by atoms with Crippen molar-refractivity contribution in [2.75, 3.05) is 5.32 Å². The van der Waals surface area contributed by atoms with E-state index in [2.05, 4.69) is 10.3 Å². The zero-order chi connectivity index (χ0) is 13.3. The van der Waals surface area contributed by atoms with Crippen LogP contribution in [0.25, 0.3) is 10.9 Å². The van der Waals surface area contributed by atoms with E-state index in [0.29, 0.717) is 0 Å². The van der Waals surface area contributed by atoms with Crippen LogP contribution < -0.4 is 11.1 Å². The number of nitrogens with two attached hydrogens (primary N) is 1. The average molecular weight is 243 g/mol. The van der Waals surface area contributed by atoms with Gasteiger partial charge in [-0.3, -0.25) is 9.78 Å². The molecular formula is C14H17N3O. The fourth-order valence-corrected chi connectivity index (χ4v) is 1.81. The number of nitrogens with zero attached hydrogens (tertiary/aromatic N) is 1. The summed E-state index contributed by atoms with van der Waals surface area (Å²) in [7, 11) is 0.